The van der Waals surface area contributed by atoms with Crippen molar-refractivity contribution in [2.24, 2.45) is 0 Å². The fourth-order valence-electron chi connectivity index (χ4n) is 3.18. The van der Waals surface area contributed by atoms with E-state index in [-0.39, 0.29) is 6.10 Å². The summed E-state index contributed by atoms with van der Waals surface area (Å²) >= 11 is 1.84. The largest absolute Gasteiger partial charge is 0.393 e. The zero-order valence-corrected chi connectivity index (χ0v) is 11.8. The minimum Gasteiger partial charge on any atom is -0.393 e. The van der Waals surface area contributed by atoms with Gasteiger partial charge in [0.1, 0.15) is 0 Å². The van der Waals surface area contributed by atoms with Crippen molar-refractivity contribution in [1.82, 2.24) is 9.88 Å². The summed E-state index contributed by atoms with van der Waals surface area (Å²) < 4.78 is 0. The Morgan fingerprint density at radius 3 is 2.67 bits per heavy atom. The second-order valence-corrected chi connectivity index (χ2v) is 6.75. The highest BCUT2D eigenvalue weighted by atomic mass is 32.1. The molecule has 18 heavy (non-hydrogen) atoms. The number of nitrogens with zero attached hydrogens (tertiary/aromatic N) is 2. The highest BCUT2D eigenvalue weighted by molar-refractivity contribution is 7.09. The Morgan fingerprint density at radius 1 is 1.22 bits per heavy atom. The molecular formula is C14H22N2OS. The van der Waals surface area contributed by atoms with Gasteiger partial charge < -0.3 is 10.0 Å². The van der Waals surface area contributed by atoms with E-state index in [1.807, 2.05) is 11.3 Å². The van der Waals surface area contributed by atoms with Gasteiger partial charge in [-0.05, 0) is 45.7 Å². The van der Waals surface area contributed by atoms with E-state index in [4.69, 9.17) is 4.98 Å². The molecule has 1 saturated carbocycles. The average molecular weight is 266 g/mol. The lowest BCUT2D eigenvalue weighted by Crippen LogP contribution is -2.17. The van der Waals surface area contributed by atoms with Crippen molar-refractivity contribution in [2.45, 2.75) is 50.0 Å². The SMILES string of the molecule is CN1CCC(c2nc(C3CCC(O)CC3)cs2)C1. The molecule has 0 bridgehead atoms. The van der Waals surface area contributed by atoms with Crippen LogP contribution in [-0.4, -0.2) is 41.2 Å². The van der Waals surface area contributed by atoms with Crippen molar-refractivity contribution in [2.75, 3.05) is 20.1 Å². The summed E-state index contributed by atoms with van der Waals surface area (Å²) in [6.45, 7) is 2.37. The lowest BCUT2D eigenvalue weighted by Gasteiger charge is -2.23. The Balaban J connectivity index is 1.66. The van der Waals surface area contributed by atoms with E-state index < -0.39 is 0 Å². The number of aliphatic hydroxyl groups excluding tert-OH is 1. The van der Waals surface area contributed by atoms with Gasteiger partial charge in [0.25, 0.3) is 0 Å². The number of rotatable bonds is 2. The van der Waals surface area contributed by atoms with Gasteiger partial charge in [0.2, 0.25) is 0 Å². The van der Waals surface area contributed by atoms with Gasteiger partial charge in [0.05, 0.1) is 16.8 Å². The molecule has 4 heteroatoms. The quantitative estimate of drug-likeness (QED) is 0.894. The van der Waals surface area contributed by atoms with Gasteiger partial charge in [-0.1, -0.05) is 0 Å². The Kier molecular flexibility index (Phi) is 3.68. The Bertz CT molecular complexity index is 398. The van der Waals surface area contributed by atoms with Crippen LogP contribution in [0.2, 0.25) is 0 Å². The molecule has 0 spiro atoms. The monoisotopic (exact) mass is 266 g/mol. The summed E-state index contributed by atoms with van der Waals surface area (Å²) in [4.78, 5) is 7.28. The van der Waals surface area contributed by atoms with Crippen molar-refractivity contribution < 1.29 is 5.11 Å². The van der Waals surface area contributed by atoms with Crippen LogP contribution in [0.15, 0.2) is 5.38 Å². The van der Waals surface area contributed by atoms with E-state index in [2.05, 4.69) is 17.3 Å². The number of aliphatic hydroxyl groups is 1. The van der Waals surface area contributed by atoms with Crippen molar-refractivity contribution >= 4 is 11.3 Å². The average Bonchev–Trinajstić information content (AvgIpc) is 2.98. The maximum atomic E-state index is 9.56. The van der Waals surface area contributed by atoms with Gasteiger partial charge in [0.15, 0.2) is 0 Å². The van der Waals surface area contributed by atoms with E-state index in [0.717, 1.165) is 32.2 Å². The van der Waals surface area contributed by atoms with Crippen LogP contribution in [0, 0.1) is 0 Å². The Hall–Kier alpha value is -0.450. The van der Waals surface area contributed by atoms with Gasteiger partial charge in [-0.3, -0.25) is 0 Å². The van der Waals surface area contributed by atoms with Crippen LogP contribution < -0.4 is 0 Å². The molecule has 1 unspecified atom stereocenters. The van der Waals surface area contributed by atoms with Crippen molar-refractivity contribution in [1.29, 1.82) is 0 Å². The van der Waals surface area contributed by atoms with Crippen LogP contribution in [0.25, 0.3) is 0 Å². The minimum atomic E-state index is -0.0668. The first-order chi connectivity index (χ1) is 8.72. The highest BCUT2D eigenvalue weighted by Gasteiger charge is 2.26. The standard InChI is InChI=1S/C14H22N2OS/c1-16-7-6-11(8-16)14-15-13(9-18-14)10-2-4-12(17)5-3-10/h9-12,17H,2-8H2,1H3. The number of likely N-dealkylation sites (N-methyl/N-ethyl adjacent to an activating group) is 1. The second-order valence-electron chi connectivity index (χ2n) is 5.86. The van der Waals surface area contributed by atoms with Crippen LogP contribution in [0.4, 0.5) is 0 Å². The van der Waals surface area contributed by atoms with E-state index in [1.165, 1.54) is 23.7 Å². The third-order valence-corrected chi connectivity index (χ3v) is 5.42. The van der Waals surface area contributed by atoms with Gasteiger partial charge in [0, 0.05) is 23.8 Å². The van der Waals surface area contributed by atoms with Gasteiger partial charge in [-0.2, -0.15) is 0 Å². The molecule has 1 N–H and O–H groups in total. The van der Waals surface area contributed by atoms with Crippen molar-refractivity contribution in [3.8, 4) is 0 Å². The zero-order chi connectivity index (χ0) is 12.5. The summed E-state index contributed by atoms with van der Waals surface area (Å²) in [7, 11) is 2.19. The van der Waals surface area contributed by atoms with Crippen LogP contribution in [0.5, 0.6) is 0 Å². The lowest BCUT2D eigenvalue weighted by atomic mass is 9.86. The van der Waals surface area contributed by atoms with Crippen LogP contribution in [0.3, 0.4) is 0 Å². The molecule has 1 aliphatic heterocycles. The fourth-order valence-corrected chi connectivity index (χ4v) is 4.21. The van der Waals surface area contributed by atoms with Crippen LogP contribution in [-0.2, 0) is 0 Å². The van der Waals surface area contributed by atoms with E-state index in [0.29, 0.717) is 11.8 Å². The topological polar surface area (TPSA) is 36.4 Å². The molecule has 0 aromatic carbocycles. The summed E-state index contributed by atoms with van der Waals surface area (Å²) in [6.07, 6.45) is 5.30. The number of likely N-dealkylation sites (tertiary alicyclic amines) is 1. The Labute approximate surface area is 113 Å². The molecule has 1 aromatic rings. The molecule has 2 heterocycles. The Morgan fingerprint density at radius 2 is 2.00 bits per heavy atom. The maximum Gasteiger partial charge on any atom is 0.0972 e. The predicted octanol–water partition coefficient (Wildman–Crippen LogP) is 2.58. The summed E-state index contributed by atoms with van der Waals surface area (Å²) in [6, 6.07) is 0. The number of hydrogen-bond acceptors (Lipinski definition) is 4. The number of thiazole rings is 1. The molecule has 0 amide bonds. The first kappa shape index (κ1) is 12.6. The first-order valence-electron chi connectivity index (χ1n) is 7.04. The van der Waals surface area contributed by atoms with Crippen molar-refractivity contribution in [3.05, 3.63) is 16.1 Å². The van der Waals surface area contributed by atoms with Crippen LogP contribution >= 0.6 is 11.3 Å². The normalized spacial score (nSPS) is 34.0. The molecule has 1 atom stereocenters. The molecule has 3 rings (SSSR count). The van der Waals surface area contributed by atoms with Gasteiger partial charge in [-0.25, -0.2) is 4.98 Å². The van der Waals surface area contributed by atoms with E-state index >= 15 is 0 Å². The minimum absolute atomic E-state index is 0.0668. The smallest absolute Gasteiger partial charge is 0.0972 e. The van der Waals surface area contributed by atoms with Gasteiger partial charge >= 0.3 is 0 Å². The fraction of sp³-hybridized carbons (Fsp3) is 0.786. The lowest BCUT2D eigenvalue weighted by molar-refractivity contribution is 0.122. The van der Waals surface area contributed by atoms with Crippen molar-refractivity contribution in [3.63, 3.8) is 0 Å². The second kappa shape index (κ2) is 5.27. The molecule has 1 aliphatic carbocycles. The zero-order valence-electron chi connectivity index (χ0n) is 11.0. The molecule has 1 aromatic heterocycles. The number of aromatic nitrogens is 1. The third-order valence-electron chi connectivity index (χ3n) is 4.40. The number of hydrogen-bond donors (Lipinski definition) is 1. The third kappa shape index (κ3) is 2.60. The molecule has 3 nitrogen and oxygen atoms in total. The van der Waals surface area contributed by atoms with Crippen LogP contribution in [0.1, 0.15) is 54.6 Å². The van der Waals surface area contributed by atoms with Gasteiger partial charge in [-0.15, -0.1) is 11.3 Å². The highest BCUT2D eigenvalue weighted by Crippen LogP contribution is 2.36. The first-order valence-corrected chi connectivity index (χ1v) is 7.92. The maximum absolute atomic E-state index is 9.56. The molecule has 0 radical (unpaired) electrons. The summed E-state index contributed by atoms with van der Waals surface area (Å²) in [5.41, 5.74) is 1.29. The van der Waals surface area contributed by atoms with E-state index in [9.17, 15) is 5.11 Å². The predicted molar refractivity (Wildman–Crippen MR) is 74.2 cm³/mol. The molecule has 2 aliphatic rings. The summed E-state index contributed by atoms with van der Waals surface area (Å²) in [5, 5.41) is 13.2. The molecule has 100 valence electrons. The summed E-state index contributed by atoms with van der Waals surface area (Å²) in [5.74, 6) is 1.25. The molecule has 2 fully saturated rings. The molecular weight excluding hydrogens is 244 g/mol. The molecule has 1 saturated heterocycles. The van der Waals surface area contributed by atoms with E-state index in [1.54, 1.807) is 0 Å².